The predicted octanol–water partition coefficient (Wildman–Crippen LogP) is 2.97. The van der Waals surface area contributed by atoms with Crippen LogP contribution in [0, 0.1) is 25.7 Å². The van der Waals surface area contributed by atoms with Crippen LogP contribution in [0.15, 0.2) is 12.1 Å². The summed E-state index contributed by atoms with van der Waals surface area (Å²) in [5.74, 6) is 1.07. The van der Waals surface area contributed by atoms with Crippen LogP contribution in [-0.4, -0.2) is 24.1 Å². The molecule has 4 nitrogen and oxygen atoms in total. The minimum Gasteiger partial charge on any atom is -0.505 e. The van der Waals surface area contributed by atoms with Crippen molar-refractivity contribution in [1.29, 1.82) is 0 Å². The van der Waals surface area contributed by atoms with Gasteiger partial charge < -0.3 is 15.7 Å². The van der Waals surface area contributed by atoms with Crippen LogP contribution in [0.4, 0.5) is 5.69 Å². The summed E-state index contributed by atoms with van der Waals surface area (Å²) in [6.07, 6.45) is 2.88. The number of carbonyl (C=O) groups is 1. The molecule has 0 bridgehead atoms. The second kappa shape index (κ2) is 6.94. The number of carbonyl (C=O) groups excluding carboxylic acids is 1. The largest absolute Gasteiger partial charge is 0.505 e. The molecule has 0 radical (unpaired) electrons. The highest BCUT2D eigenvalue weighted by molar-refractivity contribution is 5.92. The summed E-state index contributed by atoms with van der Waals surface area (Å²) in [7, 11) is 0. The average Bonchev–Trinajstić information content (AvgIpc) is 2.45. The summed E-state index contributed by atoms with van der Waals surface area (Å²) >= 11 is 0. The number of aryl methyl sites for hydroxylation is 2. The third-order valence-corrected chi connectivity index (χ3v) is 4.37. The molecule has 1 aliphatic rings. The number of phenolic OH excluding ortho intramolecular Hbond substituents is 1. The van der Waals surface area contributed by atoms with Gasteiger partial charge in [-0.05, 0) is 68.8 Å². The Morgan fingerprint density at radius 3 is 2.90 bits per heavy atom. The van der Waals surface area contributed by atoms with Gasteiger partial charge in [0.05, 0.1) is 5.69 Å². The molecule has 1 aromatic carbocycles. The van der Waals surface area contributed by atoms with E-state index in [0.29, 0.717) is 23.9 Å². The molecule has 2 unspecified atom stereocenters. The molecule has 1 aromatic rings. The fourth-order valence-electron chi connectivity index (χ4n) is 3.08. The topological polar surface area (TPSA) is 61.4 Å². The first-order valence-electron chi connectivity index (χ1n) is 7.78. The number of amides is 1. The molecule has 0 aromatic heterocycles. The van der Waals surface area contributed by atoms with E-state index >= 15 is 0 Å². The van der Waals surface area contributed by atoms with Crippen LogP contribution in [-0.2, 0) is 4.79 Å². The minimum absolute atomic E-state index is 0.0200. The fourth-order valence-corrected chi connectivity index (χ4v) is 3.08. The molecule has 2 rings (SSSR count). The molecule has 21 heavy (non-hydrogen) atoms. The van der Waals surface area contributed by atoms with Crippen molar-refractivity contribution in [2.75, 3.05) is 18.4 Å². The Hall–Kier alpha value is -1.55. The van der Waals surface area contributed by atoms with E-state index in [1.54, 1.807) is 0 Å². The molecule has 2 atom stereocenters. The highest BCUT2D eigenvalue weighted by Gasteiger charge is 2.22. The van der Waals surface area contributed by atoms with Gasteiger partial charge in [0, 0.05) is 6.42 Å². The molecule has 1 aliphatic heterocycles. The van der Waals surface area contributed by atoms with E-state index in [4.69, 9.17) is 0 Å². The zero-order valence-electron chi connectivity index (χ0n) is 13.2. The van der Waals surface area contributed by atoms with Crippen LogP contribution < -0.4 is 10.6 Å². The number of piperidine rings is 1. The Labute approximate surface area is 126 Å². The Morgan fingerprint density at radius 2 is 2.24 bits per heavy atom. The molecule has 1 heterocycles. The quantitative estimate of drug-likeness (QED) is 0.747. The van der Waals surface area contributed by atoms with Crippen LogP contribution in [0.3, 0.4) is 0 Å². The SMILES string of the molecule is Cc1cc(C)c(O)c(NC(=O)CC(C)C2CCCNC2)c1. The fraction of sp³-hybridized carbons (Fsp3) is 0.588. The van der Waals surface area contributed by atoms with Gasteiger partial charge in [0.15, 0.2) is 0 Å². The van der Waals surface area contributed by atoms with Crippen molar-refractivity contribution < 1.29 is 9.90 Å². The minimum atomic E-state index is -0.0200. The highest BCUT2D eigenvalue weighted by Crippen LogP contribution is 2.29. The number of anilines is 1. The first-order chi connectivity index (χ1) is 9.97. The molecule has 0 aliphatic carbocycles. The van der Waals surface area contributed by atoms with Gasteiger partial charge in [-0.3, -0.25) is 4.79 Å². The number of aromatic hydroxyl groups is 1. The Kier molecular flexibility index (Phi) is 5.23. The third kappa shape index (κ3) is 4.21. The van der Waals surface area contributed by atoms with Crippen LogP contribution in [0.25, 0.3) is 0 Å². The second-order valence-corrected chi connectivity index (χ2v) is 6.31. The maximum Gasteiger partial charge on any atom is 0.224 e. The molecule has 4 heteroatoms. The molecule has 1 amide bonds. The number of hydrogen-bond donors (Lipinski definition) is 3. The summed E-state index contributed by atoms with van der Waals surface area (Å²) in [6, 6.07) is 3.72. The predicted molar refractivity (Wildman–Crippen MR) is 85.6 cm³/mol. The summed E-state index contributed by atoms with van der Waals surface area (Å²) < 4.78 is 0. The first-order valence-corrected chi connectivity index (χ1v) is 7.78. The molecule has 3 N–H and O–H groups in total. The molecule has 0 spiro atoms. The van der Waals surface area contributed by atoms with Crippen molar-refractivity contribution in [2.45, 2.75) is 40.0 Å². The van der Waals surface area contributed by atoms with Crippen LogP contribution in [0.5, 0.6) is 5.75 Å². The molecule has 1 fully saturated rings. The van der Waals surface area contributed by atoms with E-state index in [9.17, 15) is 9.90 Å². The monoisotopic (exact) mass is 290 g/mol. The van der Waals surface area contributed by atoms with Gasteiger partial charge in [-0.1, -0.05) is 13.0 Å². The Morgan fingerprint density at radius 1 is 1.48 bits per heavy atom. The van der Waals surface area contributed by atoms with E-state index in [1.165, 1.54) is 12.8 Å². The van der Waals surface area contributed by atoms with Gasteiger partial charge >= 0.3 is 0 Å². The Bertz CT molecular complexity index is 508. The number of nitrogens with one attached hydrogen (secondary N) is 2. The van der Waals surface area contributed by atoms with Crippen LogP contribution in [0.2, 0.25) is 0 Å². The lowest BCUT2D eigenvalue weighted by atomic mass is 9.85. The van der Waals surface area contributed by atoms with Gasteiger partial charge in [0.2, 0.25) is 5.91 Å². The van der Waals surface area contributed by atoms with Crippen molar-refractivity contribution in [2.24, 2.45) is 11.8 Å². The first kappa shape index (κ1) is 15.8. The van der Waals surface area contributed by atoms with Crippen LogP contribution in [0.1, 0.15) is 37.3 Å². The molecule has 1 saturated heterocycles. The summed E-state index contributed by atoms with van der Waals surface area (Å²) in [6.45, 7) is 8.03. The maximum absolute atomic E-state index is 12.2. The molecule has 116 valence electrons. The summed E-state index contributed by atoms with van der Waals surface area (Å²) in [5, 5.41) is 16.3. The van der Waals surface area contributed by atoms with Crippen molar-refractivity contribution in [3.8, 4) is 5.75 Å². The molecule has 0 saturated carbocycles. The van der Waals surface area contributed by atoms with Crippen molar-refractivity contribution >= 4 is 11.6 Å². The zero-order valence-corrected chi connectivity index (χ0v) is 13.2. The second-order valence-electron chi connectivity index (χ2n) is 6.31. The average molecular weight is 290 g/mol. The van der Waals surface area contributed by atoms with E-state index in [0.717, 1.165) is 24.2 Å². The van der Waals surface area contributed by atoms with E-state index in [2.05, 4.69) is 17.6 Å². The number of rotatable bonds is 4. The summed E-state index contributed by atoms with van der Waals surface area (Å²) in [5.41, 5.74) is 2.34. The van der Waals surface area contributed by atoms with E-state index < -0.39 is 0 Å². The van der Waals surface area contributed by atoms with Gasteiger partial charge in [0.25, 0.3) is 0 Å². The molecular formula is C17H26N2O2. The van der Waals surface area contributed by atoms with Gasteiger partial charge in [0.1, 0.15) is 5.75 Å². The lowest BCUT2D eigenvalue weighted by Crippen LogP contribution is -2.34. The van der Waals surface area contributed by atoms with Crippen molar-refractivity contribution in [3.63, 3.8) is 0 Å². The van der Waals surface area contributed by atoms with Gasteiger partial charge in [-0.2, -0.15) is 0 Å². The van der Waals surface area contributed by atoms with Gasteiger partial charge in [-0.15, -0.1) is 0 Å². The maximum atomic E-state index is 12.2. The summed E-state index contributed by atoms with van der Waals surface area (Å²) in [4.78, 5) is 12.2. The zero-order chi connectivity index (χ0) is 15.4. The van der Waals surface area contributed by atoms with E-state index in [-0.39, 0.29) is 11.7 Å². The Balaban J connectivity index is 1.95. The number of phenols is 1. The number of hydrogen-bond acceptors (Lipinski definition) is 3. The lowest BCUT2D eigenvalue weighted by molar-refractivity contribution is -0.117. The van der Waals surface area contributed by atoms with Crippen molar-refractivity contribution in [3.05, 3.63) is 23.3 Å². The van der Waals surface area contributed by atoms with Crippen molar-refractivity contribution in [1.82, 2.24) is 5.32 Å². The van der Waals surface area contributed by atoms with Crippen LogP contribution >= 0.6 is 0 Å². The van der Waals surface area contributed by atoms with E-state index in [1.807, 2.05) is 26.0 Å². The highest BCUT2D eigenvalue weighted by atomic mass is 16.3. The number of benzene rings is 1. The lowest BCUT2D eigenvalue weighted by Gasteiger charge is -2.28. The molecular weight excluding hydrogens is 264 g/mol. The van der Waals surface area contributed by atoms with Gasteiger partial charge in [-0.25, -0.2) is 0 Å². The third-order valence-electron chi connectivity index (χ3n) is 4.37. The normalized spacial score (nSPS) is 20.0. The smallest absolute Gasteiger partial charge is 0.224 e. The standard InChI is InChI=1S/C17H26N2O2/c1-11-7-13(3)17(21)15(8-11)19-16(20)9-12(2)14-5-4-6-18-10-14/h7-8,12,14,18,21H,4-6,9-10H2,1-3H3,(H,19,20).